The smallest absolute Gasteiger partial charge is 0.255 e. The van der Waals surface area contributed by atoms with Gasteiger partial charge in [0.2, 0.25) is 5.95 Å². The van der Waals surface area contributed by atoms with Gasteiger partial charge in [0.05, 0.1) is 30.9 Å². The van der Waals surface area contributed by atoms with Crippen molar-refractivity contribution in [3.8, 4) is 11.7 Å². The Bertz CT molecular complexity index is 966. The summed E-state index contributed by atoms with van der Waals surface area (Å²) in [6.07, 6.45) is 2.99. The van der Waals surface area contributed by atoms with Gasteiger partial charge in [-0.15, -0.1) is 0 Å². The molecule has 1 amide bonds. The first kappa shape index (κ1) is 17.5. The molecule has 0 aliphatic heterocycles. The molecule has 134 valence electrons. The van der Waals surface area contributed by atoms with E-state index in [0.29, 0.717) is 11.6 Å². The fourth-order valence-corrected chi connectivity index (χ4v) is 2.58. The maximum atomic E-state index is 13.7. The number of carbonyl (C=O) groups is 1. The molecular formula is C18H18FN5O2. The topological polar surface area (TPSA) is 81.9 Å². The average molecular weight is 355 g/mol. The van der Waals surface area contributed by atoms with E-state index in [-0.39, 0.29) is 11.3 Å². The van der Waals surface area contributed by atoms with Crippen molar-refractivity contribution in [1.82, 2.24) is 19.5 Å². The van der Waals surface area contributed by atoms with Crippen molar-refractivity contribution in [3.63, 3.8) is 0 Å². The van der Waals surface area contributed by atoms with E-state index >= 15 is 0 Å². The highest BCUT2D eigenvalue weighted by Gasteiger charge is 2.13. The predicted octanol–water partition coefficient (Wildman–Crippen LogP) is 2.99. The Morgan fingerprint density at radius 2 is 1.88 bits per heavy atom. The number of aromatic nitrogens is 4. The Kier molecular flexibility index (Phi) is 4.66. The van der Waals surface area contributed by atoms with Gasteiger partial charge in [0.1, 0.15) is 5.82 Å². The van der Waals surface area contributed by atoms with E-state index in [1.807, 2.05) is 25.3 Å². The molecule has 1 aromatic carbocycles. The van der Waals surface area contributed by atoms with Crippen LogP contribution in [0.25, 0.3) is 5.95 Å². The van der Waals surface area contributed by atoms with Gasteiger partial charge in [-0.25, -0.2) is 19.3 Å². The number of nitrogens with one attached hydrogen (secondary N) is 1. The molecule has 0 saturated heterocycles. The minimum absolute atomic E-state index is 0.0793. The Balaban J connectivity index is 1.79. The number of imidazole rings is 1. The quantitative estimate of drug-likeness (QED) is 0.778. The van der Waals surface area contributed by atoms with Crippen LogP contribution in [0, 0.1) is 26.6 Å². The SMILES string of the molecule is COc1ccc(C(=O)Nc2cnc(-n3c(C)nc(C)c3C)nc2)cc1F. The molecule has 8 heteroatoms. The van der Waals surface area contributed by atoms with Crippen molar-refractivity contribution in [2.45, 2.75) is 20.8 Å². The first-order valence-corrected chi connectivity index (χ1v) is 7.90. The molecule has 0 saturated carbocycles. The third-order valence-electron chi connectivity index (χ3n) is 4.02. The van der Waals surface area contributed by atoms with Crippen LogP contribution < -0.4 is 10.1 Å². The molecule has 0 unspecified atom stereocenters. The fourth-order valence-electron chi connectivity index (χ4n) is 2.58. The lowest BCUT2D eigenvalue weighted by molar-refractivity contribution is 0.102. The summed E-state index contributed by atoms with van der Waals surface area (Å²) in [6, 6.07) is 3.99. The van der Waals surface area contributed by atoms with Crippen molar-refractivity contribution in [3.05, 3.63) is 59.2 Å². The molecule has 0 radical (unpaired) electrons. The molecule has 0 spiro atoms. The first-order chi connectivity index (χ1) is 12.4. The van der Waals surface area contributed by atoms with Crippen LogP contribution in [0.1, 0.15) is 27.6 Å². The maximum absolute atomic E-state index is 13.7. The molecular weight excluding hydrogens is 337 g/mol. The number of carbonyl (C=O) groups excluding carboxylic acids is 1. The lowest BCUT2D eigenvalue weighted by atomic mass is 10.2. The summed E-state index contributed by atoms with van der Waals surface area (Å²) >= 11 is 0. The fraction of sp³-hybridized carbons (Fsp3) is 0.222. The van der Waals surface area contributed by atoms with E-state index in [9.17, 15) is 9.18 Å². The molecule has 0 aliphatic rings. The Labute approximate surface area is 149 Å². The largest absolute Gasteiger partial charge is 0.494 e. The number of halogens is 1. The van der Waals surface area contributed by atoms with E-state index in [0.717, 1.165) is 23.3 Å². The van der Waals surface area contributed by atoms with Gasteiger partial charge in [-0.1, -0.05) is 0 Å². The van der Waals surface area contributed by atoms with E-state index in [2.05, 4.69) is 20.3 Å². The molecule has 26 heavy (non-hydrogen) atoms. The predicted molar refractivity (Wildman–Crippen MR) is 94.3 cm³/mol. The van der Waals surface area contributed by atoms with Gasteiger partial charge >= 0.3 is 0 Å². The van der Waals surface area contributed by atoms with Crippen LogP contribution in [0.2, 0.25) is 0 Å². The van der Waals surface area contributed by atoms with Gasteiger partial charge in [-0.3, -0.25) is 9.36 Å². The number of anilines is 1. The standard InChI is InChI=1S/C18H18FN5O2/c1-10-11(2)24(12(3)22-10)18-20-8-14(9-21-18)23-17(25)13-5-6-16(26-4)15(19)7-13/h5-9H,1-4H3,(H,23,25). The number of ether oxygens (including phenoxy) is 1. The molecule has 2 aromatic heterocycles. The molecule has 0 bridgehead atoms. The van der Waals surface area contributed by atoms with E-state index in [4.69, 9.17) is 4.74 Å². The first-order valence-electron chi connectivity index (χ1n) is 7.90. The zero-order valence-corrected chi connectivity index (χ0v) is 14.9. The monoisotopic (exact) mass is 355 g/mol. The van der Waals surface area contributed by atoms with Crippen molar-refractivity contribution < 1.29 is 13.9 Å². The maximum Gasteiger partial charge on any atom is 0.255 e. The Morgan fingerprint density at radius 1 is 1.19 bits per heavy atom. The van der Waals surface area contributed by atoms with Crippen LogP contribution in [0.15, 0.2) is 30.6 Å². The van der Waals surface area contributed by atoms with Gasteiger partial charge in [-0.2, -0.15) is 0 Å². The summed E-state index contributed by atoms with van der Waals surface area (Å²) in [4.78, 5) is 25.2. The Hall–Kier alpha value is -3.29. The summed E-state index contributed by atoms with van der Waals surface area (Å²) in [5.41, 5.74) is 2.43. The number of amides is 1. The van der Waals surface area contributed by atoms with E-state index < -0.39 is 11.7 Å². The molecule has 1 N–H and O–H groups in total. The van der Waals surface area contributed by atoms with E-state index in [1.54, 1.807) is 0 Å². The molecule has 7 nitrogen and oxygen atoms in total. The third-order valence-corrected chi connectivity index (χ3v) is 4.02. The minimum Gasteiger partial charge on any atom is -0.494 e. The highest BCUT2D eigenvalue weighted by molar-refractivity contribution is 6.04. The lowest BCUT2D eigenvalue weighted by Crippen LogP contribution is -2.13. The number of rotatable bonds is 4. The number of methoxy groups -OCH3 is 1. The van der Waals surface area contributed by atoms with Crippen LogP contribution in [0.3, 0.4) is 0 Å². The Morgan fingerprint density at radius 3 is 2.42 bits per heavy atom. The van der Waals surface area contributed by atoms with Gasteiger partial charge < -0.3 is 10.1 Å². The van der Waals surface area contributed by atoms with Crippen LogP contribution >= 0.6 is 0 Å². The highest BCUT2D eigenvalue weighted by Crippen LogP contribution is 2.19. The normalized spacial score (nSPS) is 10.7. The number of nitrogens with zero attached hydrogens (tertiary/aromatic N) is 4. The molecule has 2 heterocycles. The van der Waals surface area contributed by atoms with Gasteiger partial charge in [0, 0.05) is 11.3 Å². The zero-order valence-electron chi connectivity index (χ0n) is 14.9. The second-order valence-electron chi connectivity index (χ2n) is 5.74. The second-order valence-corrected chi connectivity index (χ2v) is 5.74. The molecule has 3 aromatic rings. The van der Waals surface area contributed by atoms with Crippen LogP contribution in [0.4, 0.5) is 10.1 Å². The summed E-state index contributed by atoms with van der Waals surface area (Å²) in [6.45, 7) is 5.73. The molecule has 0 atom stereocenters. The number of hydrogen-bond donors (Lipinski definition) is 1. The highest BCUT2D eigenvalue weighted by atomic mass is 19.1. The lowest BCUT2D eigenvalue weighted by Gasteiger charge is -2.09. The van der Waals surface area contributed by atoms with Gasteiger partial charge in [-0.05, 0) is 39.0 Å². The van der Waals surface area contributed by atoms with Crippen LogP contribution in [-0.2, 0) is 0 Å². The average Bonchev–Trinajstić information content (AvgIpc) is 2.88. The van der Waals surface area contributed by atoms with Gasteiger partial charge in [0.25, 0.3) is 5.91 Å². The third kappa shape index (κ3) is 3.26. The summed E-state index contributed by atoms with van der Waals surface area (Å²) in [5.74, 6) is 0.261. The van der Waals surface area contributed by atoms with Crippen LogP contribution in [-0.4, -0.2) is 32.5 Å². The van der Waals surface area contributed by atoms with Gasteiger partial charge in [0.15, 0.2) is 11.6 Å². The van der Waals surface area contributed by atoms with Crippen molar-refractivity contribution in [1.29, 1.82) is 0 Å². The molecule has 0 fully saturated rings. The van der Waals surface area contributed by atoms with Crippen molar-refractivity contribution in [2.24, 2.45) is 0 Å². The summed E-state index contributed by atoms with van der Waals surface area (Å²) in [5, 5.41) is 2.64. The summed E-state index contributed by atoms with van der Waals surface area (Å²) < 4.78 is 20.4. The number of hydrogen-bond acceptors (Lipinski definition) is 5. The number of benzene rings is 1. The summed E-state index contributed by atoms with van der Waals surface area (Å²) in [7, 11) is 1.36. The zero-order chi connectivity index (χ0) is 18.8. The molecule has 0 aliphatic carbocycles. The number of aryl methyl sites for hydroxylation is 2. The van der Waals surface area contributed by atoms with Crippen molar-refractivity contribution >= 4 is 11.6 Å². The molecule has 3 rings (SSSR count). The minimum atomic E-state index is -0.604. The van der Waals surface area contributed by atoms with E-state index in [1.165, 1.54) is 31.6 Å². The van der Waals surface area contributed by atoms with Crippen molar-refractivity contribution in [2.75, 3.05) is 12.4 Å². The van der Waals surface area contributed by atoms with Crippen LogP contribution in [0.5, 0.6) is 5.75 Å². The second kappa shape index (κ2) is 6.91.